The number of para-hydroxylation sites is 1. The number of benzene rings is 1. The summed E-state index contributed by atoms with van der Waals surface area (Å²) in [6.07, 6.45) is 0.0683. The number of aliphatic hydroxyl groups is 1. The Morgan fingerprint density at radius 3 is 2.75 bits per heavy atom. The summed E-state index contributed by atoms with van der Waals surface area (Å²) in [6.45, 7) is 1.69. The Hall–Kier alpha value is -1.39. The first-order valence-electron chi connectivity index (χ1n) is 5.06. The van der Waals surface area contributed by atoms with Gasteiger partial charge in [-0.1, -0.05) is 18.2 Å². The van der Waals surface area contributed by atoms with E-state index in [1.54, 1.807) is 19.1 Å². The molecule has 16 heavy (non-hydrogen) atoms. The number of hydrogen-bond acceptors (Lipinski definition) is 4. The first-order valence-corrected chi connectivity index (χ1v) is 5.94. The fourth-order valence-electron chi connectivity index (χ4n) is 1.42. The molecule has 0 fully saturated rings. The Bertz CT molecular complexity index is 479. The van der Waals surface area contributed by atoms with Gasteiger partial charge in [0.25, 0.3) is 0 Å². The molecule has 2 rings (SSSR count). The van der Waals surface area contributed by atoms with E-state index >= 15 is 0 Å². The summed E-state index contributed by atoms with van der Waals surface area (Å²) in [4.78, 5) is 4.30. The zero-order valence-corrected chi connectivity index (χ0v) is 9.74. The highest BCUT2D eigenvalue weighted by Gasteiger charge is 2.08. The van der Waals surface area contributed by atoms with Gasteiger partial charge in [0, 0.05) is 17.4 Å². The average molecular weight is 235 g/mol. The van der Waals surface area contributed by atoms with Crippen LogP contribution in [0.3, 0.4) is 0 Å². The number of phenolic OH excluding ortho intramolecular Hbond substituents is 1. The molecular weight excluding hydrogens is 222 g/mol. The Morgan fingerprint density at radius 1 is 1.38 bits per heavy atom. The van der Waals surface area contributed by atoms with Crippen LogP contribution in [-0.2, 0) is 6.42 Å². The van der Waals surface area contributed by atoms with Gasteiger partial charge in [0.15, 0.2) is 0 Å². The molecule has 0 aliphatic carbocycles. The highest BCUT2D eigenvalue weighted by molar-refractivity contribution is 7.09. The van der Waals surface area contributed by atoms with Crippen molar-refractivity contribution in [1.29, 1.82) is 0 Å². The number of aromatic hydroxyl groups is 1. The van der Waals surface area contributed by atoms with Crippen molar-refractivity contribution in [1.82, 2.24) is 4.98 Å². The van der Waals surface area contributed by atoms with E-state index in [-0.39, 0.29) is 5.75 Å². The maximum Gasteiger partial charge on any atom is 0.119 e. The molecule has 0 radical (unpaired) electrons. The van der Waals surface area contributed by atoms with E-state index < -0.39 is 6.10 Å². The number of phenols is 1. The molecule has 1 aromatic heterocycles. The molecule has 4 heteroatoms. The lowest BCUT2D eigenvalue weighted by atomic mass is 10.1. The number of hydrogen-bond donors (Lipinski definition) is 2. The fourth-order valence-corrected chi connectivity index (χ4v) is 2.32. The highest BCUT2D eigenvalue weighted by atomic mass is 32.1. The quantitative estimate of drug-likeness (QED) is 0.859. The second kappa shape index (κ2) is 4.63. The molecule has 1 unspecified atom stereocenters. The standard InChI is InChI=1S/C12H13NO2S/c1-8(14)10-7-16-12(13-10)6-9-4-2-3-5-11(9)15/h2-5,7-8,14-15H,6H2,1H3. The Kier molecular flexibility index (Phi) is 3.22. The summed E-state index contributed by atoms with van der Waals surface area (Å²) in [5.74, 6) is 0.288. The lowest BCUT2D eigenvalue weighted by Gasteiger charge is -2.01. The summed E-state index contributed by atoms with van der Waals surface area (Å²) in [5, 5.41) is 21.7. The van der Waals surface area contributed by atoms with Gasteiger partial charge in [0.1, 0.15) is 5.75 Å². The molecule has 1 atom stereocenters. The van der Waals surface area contributed by atoms with Crippen molar-refractivity contribution in [2.75, 3.05) is 0 Å². The lowest BCUT2D eigenvalue weighted by molar-refractivity contribution is 0.195. The Labute approximate surface area is 98.0 Å². The first-order chi connectivity index (χ1) is 7.66. The molecule has 0 amide bonds. The molecule has 0 spiro atoms. The van der Waals surface area contributed by atoms with Gasteiger partial charge in [-0.2, -0.15) is 0 Å². The summed E-state index contributed by atoms with van der Waals surface area (Å²) >= 11 is 1.50. The predicted molar refractivity (Wildman–Crippen MR) is 63.7 cm³/mol. The monoisotopic (exact) mass is 235 g/mol. The number of aromatic nitrogens is 1. The molecule has 0 aliphatic rings. The molecule has 84 valence electrons. The van der Waals surface area contributed by atoms with Gasteiger partial charge in [-0.3, -0.25) is 0 Å². The van der Waals surface area contributed by atoms with Crippen molar-refractivity contribution in [3.63, 3.8) is 0 Å². The van der Waals surface area contributed by atoms with Gasteiger partial charge >= 0.3 is 0 Å². The molecule has 0 bridgehead atoms. The lowest BCUT2D eigenvalue weighted by Crippen LogP contribution is -1.93. The summed E-state index contributed by atoms with van der Waals surface area (Å²) in [5.41, 5.74) is 1.55. The zero-order chi connectivity index (χ0) is 11.5. The zero-order valence-electron chi connectivity index (χ0n) is 8.92. The van der Waals surface area contributed by atoms with Crippen molar-refractivity contribution in [3.05, 3.63) is 45.9 Å². The van der Waals surface area contributed by atoms with Gasteiger partial charge in [0.2, 0.25) is 0 Å². The second-order valence-corrected chi connectivity index (χ2v) is 4.59. The molecule has 0 saturated heterocycles. The molecule has 1 aromatic carbocycles. The van der Waals surface area contributed by atoms with Crippen LogP contribution < -0.4 is 0 Å². The molecule has 1 heterocycles. The van der Waals surface area contributed by atoms with Crippen LogP contribution in [0, 0.1) is 0 Å². The van der Waals surface area contributed by atoms with Crippen LogP contribution in [0.15, 0.2) is 29.6 Å². The van der Waals surface area contributed by atoms with E-state index in [0.29, 0.717) is 12.1 Å². The molecule has 2 aromatic rings. The Balaban J connectivity index is 2.18. The third-order valence-corrected chi connectivity index (χ3v) is 3.20. The SMILES string of the molecule is CC(O)c1csc(Cc2ccccc2O)n1. The predicted octanol–water partition coefficient (Wildman–Crippen LogP) is 2.49. The smallest absolute Gasteiger partial charge is 0.119 e. The summed E-state index contributed by atoms with van der Waals surface area (Å²) < 4.78 is 0. The van der Waals surface area contributed by atoms with Crippen LogP contribution in [-0.4, -0.2) is 15.2 Å². The van der Waals surface area contributed by atoms with Crippen molar-refractivity contribution in [3.8, 4) is 5.75 Å². The normalized spacial score (nSPS) is 12.6. The topological polar surface area (TPSA) is 53.4 Å². The van der Waals surface area contributed by atoms with Crippen LogP contribution in [0.2, 0.25) is 0 Å². The largest absolute Gasteiger partial charge is 0.508 e. The van der Waals surface area contributed by atoms with Gasteiger partial charge in [-0.25, -0.2) is 4.98 Å². The van der Waals surface area contributed by atoms with Gasteiger partial charge < -0.3 is 10.2 Å². The molecule has 3 nitrogen and oxygen atoms in total. The number of thiazole rings is 1. The molecule has 0 saturated carbocycles. The van der Waals surface area contributed by atoms with Gasteiger partial charge in [-0.05, 0) is 13.0 Å². The van der Waals surface area contributed by atoms with Crippen molar-refractivity contribution >= 4 is 11.3 Å². The third-order valence-electron chi connectivity index (χ3n) is 2.33. The second-order valence-electron chi connectivity index (χ2n) is 3.65. The van der Waals surface area contributed by atoms with Crippen molar-refractivity contribution < 1.29 is 10.2 Å². The van der Waals surface area contributed by atoms with E-state index in [4.69, 9.17) is 0 Å². The number of rotatable bonds is 3. The Morgan fingerprint density at radius 2 is 2.12 bits per heavy atom. The molecular formula is C12H13NO2S. The van der Waals surface area contributed by atoms with Crippen LogP contribution in [0.4, 0.5) is 0 Å². The van der Waals surface area contributed by atoms with Crippen molar-refractivity contribution in [2.45, 2.75) is 19.4 Å². The minimum Gasteiger partial charge on any atom is -0.508 e. The average Bonchev–Trinajstić information content (AvgIpc) is 2.70. The minimum atomic E-state index is -0.533. The van der Waals surface area contributed by atoms with E-state index in [9.17, 15) is 10.2 Å². The maximum absolute atomic E-state index is 9.62. The number of nitrogens with zero attached hydrogens (tertiary/aromatic N) is 1. The maximum atomic E-state index is 9.62. The summed E-state index contributed by atoms with van der Waals surface area (Å²) in [6, 6.07) is 7.22. The van der Waals surface area contributed by atoms with E-state index in [1.165, 1.54) is 11.3 Å². The molecule has 0 aliphatic heterocycles. The number of aliphatic hydroxyl groups excluding tert-OH is 1. The third kappa shape index (κ3) is 2.40. The van der Waals surface area contributed by atoms with Crippen LogP contribution in [0.5, 0.6) is 5.75 Å². The van der Waals surface area contributed by atoms with Crippen LogP contribution >= 0.6 is 11.3 Å². The minimum absolute atomic E-state index is 0.288. The highest BCUT2D eigenvalue weighted by Crippen LogP contribution is 2.23. The van der Waals surface area contributed by atoms with Gasteiger partial charge in [0.05, 0.1) is 16.8 Å². The van der Waals surface area contributed by atoms with Crippen molar-refractivity contribution in [2.24, 2.45) is 0 Å². The molecule has 2 N–H and O–H groups in total. The first kappa shape index (κ1) is 11.1. The van der Waals surface area contributed by atoms with E-state index in [0.717, 1.165) is 10.6 Å². The summed E-state index contributed by atoms with van der Waals surface area (Å²) in [7, 11) is 0. The van der Waals surface area contributed by atoms with Crippen LogP contribution in [0.25, 0.3) is 0 Å². The van der Waals surface area contributed by atoms with E-state index in [2.05, 4.69) is 4.98 Å². The van der Waals surface area contributed by atoms with Gasteiger partial charge in [-0.15, -0.1) is 11.3 Å². The fraction of sp³-hybridized carbons (Fsp3) is 0.250. The van der Waals surface area contributed by atoms with Crippen LogP contribution in [0.1, 0.15) is 29.3 Å². The van der Waals surface area contributed by atoms with E-state index in [1.807, 2.05) is 17.5 Å².